The number of ether oxygens (including phenoxy) is 1. The maximum Gasteiger partial charge on any atom is 0.264 e. The standard InChI is InChI=1S/C23H31N3O4S/c1-18(2)22(26-13-15-30-16-14-26)17-24-23(27)19-9-11-21(12-10-19)31(28,29)25(3)20-7-5-4-6-8-20/h4-12,18,22H,13-17H2,1-3H3,(H,24,27). The Hall–Kier alpha value is -2.42. The maximum absolute atomic E-state index is 12.9. The molecule has 1 unspecified atom stereocenters. The minimum absolute atomic E-state index is 0.142. The van der Waals surface area contributed by atoms with Crippen molar-refractivity contribution in [3.8, 4) is 0 Å². The first-order valence-electron chi connectivity index (χ1n) is 10.5. The van der Waals surface area contributed by atoms with Crippen molar-refractivity contribution in [1.29, 1.82) is 0 Å². The number of rotatable bonds is 8. The smallest absolute Gasteiger partial charge is 0.264 e. The highest BCUT2D eigenvalue weighted by molar-refractivity contribution is 7.92. The molecule has 7 nitrogen and oxygen atoms in total. The van der Waals surface area contributed by atoms with E-state index in [1.54, 1.807) is 36.4 Å². The van der Waals surface area contributed by atoms with E-state index < -0.39 is 10.0 Å². The molecule has 2 aromatic rings. The van der Waals surface area contributed by atoms with E-state index in [2.05, 4.69) is 24.1 Å². The van der Waals surface area contributed by atoms with Gasteiger partial charge >= 0.3 is 0 Å². The normalized spacial score (nSPS) is 16.1. The average Bonchev–Trinajstić information content (AvgIpc) is 2.79. The van der Waals surface area contributed by atoms with Crippen LogP contribution in [0.15, 0.2) is 59.5 Å². The third kappa shape index (κ3) is 5.64. The summed E-state index contributed by atoms with van der Waals surface area (Å²) in [6, 6.07) is 15.2. The van der Waals surface area contributed by atoms with Gasteiger partial charge in [-0.25, -0.2) is 8.42 Å². The third-order valence-corrected chi connectivity index (χ3v) is 7.45. The number of nitrogens with one attached hydrogen (secondary N) is 1. The van der Waals surface area contributed by atoms with Crippen LogP contribution in [0, 0.1) is 5.92 Å². The molecular formula is C23H31N3O4S. The maximum atomic E-state index is 12.9. The van der Waals surface area contributed by atoms with Crippen molar-refractivity contribution in [2.45, 2.75) is 24.8 Å². The summed E-state index contributed by atoms with van der Waals surface area (Å²) in [7, 11) is -2.19. The number of carbonyl (C=O) groups is 1. The molecule has 1 heterocycles. The van der Waals surface area contributed by atoms with Gasteiger partial charge in [-0.1, -0.05) is 32.0 Å². The van der Waals surface area contributed by atoms with Gasteiger partial charge in [0.2, 0.25) is 0 Å². The molecule has 2 aromatic carbocycles. The van der Waals surface area contributed by atoms with Crippen LogP contribution in [0.1, 0.15) is 24.2 Å². The van der Waals surface area contributed by atoms with Crippen LogP contribution in [0.4, 0.5) is 5.69 Å². The van der Waals surface area contributed by atoms with Crippen molar-refractivity contribution in [2.75, 3.05) is 44.2 Å². The lowest BCUT2D eigenvalue weighted by molar-refractivity contribution is 0.00672. The second-order valence-electron chi connectivity index (χ2n) is 8.00. The van der Waals surface area contributed by atoms with Crippen LogP contribution in [-0.4, -0.2) is 65.2 Å². The number of morpholine rings is 1. The molecule has 1 atom stereocenters. The largest absolute Gasteiger partial charge is 0.379 e. The topological polar surface area (TPSA) is 79.0 Å². The van der Waals surface area contributed by atoms with Gasteiger partial charge in [-0.3, -0.25) is 14.0 Å². The summed E-state index contributed by atoms with van der Waals surface area (Å²) in [4.78, 5) is 15.1. The summed E-state index contributed by atoms with van der Waals surface area (Å²) in [5.41, 5.74) is 1.01. The summed E-state index contributed by atoms with van der Waals surface area (Å²) in [5, 5.41) is 3.00. The van der Waals surface area contributed by atoms with Crippen LogP contribution < -0.4 is 9.62 Å². The molecule has 1 aliphatic rings. The van der Waals surface area contributed by atoms with Gasteiger partial charge in [-0.05, 0) is 42.3 Å². The summed E-state index contributed by atoms with van der Waals surface area (Å²) in [6.07, 6.45) is 0. The van der Waals surface area contributed by atoms with Gasteiger partial charge in [0.15, 0.2) is 0 Å². The van der Waals surface area contributed by atoms with Crippen LogP contribution in [0.2, 0.25) is 0 Å². The van der Waals surface area contributed by atoms with E-state index >= 15 is 0 Å². The zero-order chi connectivity index (χ0) is 22.4. The van der Waals surface area contributed by atoms with Crippen molar-refractivity contribution in [3.63, 3.8) is 0 Å². The molecule has 0 aliphatic carbocycles. The Morgan fingerprint density at radius 2 is 1.68 bits per heavy atom. The van der Waals surface area contributed by atoms with E-state index in [0.29, 0.717) is 36.9 Å². The van der Waals surface area contributed by atoms with E-state index in [1.807, 2.05) is 6.07 Å². The first-order chi connectivity index (χ1) is 14.8. The van der Waals surface area contributed by atoms with Crippen LogP contribution >= 0.6 is 0 Å². The van der Waals surface area contributed by atoms with Gasteiger partial charge in [-0.15, -0.1) is 0 Å². The molecule has 0 spiro atoms. The van der Waals surface area contributed by atoms with Crippen molar-refractivity contribution in [1.82, 2.24) is 10.2 Å². The molecule has 0 radical (unpaired) electrons. The van der Waals surface area contributed by atoms with E-state index in [0.717, 1.165) is 13.1 Å². The highest BCUT2D eigenvalue weighted by Gasteiger charge is 2.25. The Bertz CT molecular complexity index is 956. The lowest BCUT2D eigenvalue weighted by Crippen LogP contribution is -2.51. The van der Waals surface area contributed by atoms with E-state index in [9.17, 15) is 13.2 Å². The highest BCUT2D eigenvalue weighted by Crippen LogP contribution is 2.22. The lowest BCUT2D eigenvalue weighted by Gasteiger charge is -2.36. The Balaban J connectivity index is 1.65. The number of amides is 1. The molecule has 168 valence electrons. The number of sulfonamides is 1. The SMILES string of the molecule is CC(C)C(CNC(=O)c1ccc(S(=O)(=O)N(C)c2ccccc2)cc1)N1CCOCC1. The van der Waals surface area contributed by atoms with Gasteiger partial charge < -0.3 is 10.1 Å². The zero-order valence-electron chi connectivity index (χ0n) is 18.3. The lowest BCUT2D eigenvalue weighted by atomic mass is 10.0. The number of nitrogens with zero attached hydrogens (tertiary/aromatic N) is 2. The summed E-state index contributed by atoms with van der Waals surface area (Å²) < 4.78 is 32.4. The molecule has 0 bridgehead atoms. The molecule has 1 amide bonds. The van der Waals surface area contributed by atoms with E-state index in [4.69, 9.17) is 4.74 Å². The second-order valence-corrected chi connectivity index (χ2v) is 9.97. The zero-order valence-corrected chi connectivity index (χ0v) is 19.1. The summed E-state index contributed by atoms with van der Waals surface area (Å²) in [6.45, 7) is 7.98. The highest BCUT2D eigenvalue weighted by atomic mass is 32.2. The minimum Gasteiger partial charge on any atom is -0.379 e. The predicted molar refractivity (Wildman–Crippen MR) is 122 cm³/mol. The van der Waals surface area contributed by atoms with Crippen molar-refractivity contribution >= 4 is 21.6 Å². The summed E-state index contributed by atoms with van der Waals surface area (Å²) >= 11 is 0. The van der Waals surface area contributed by atoms with Crippen molar-refractivity contribution in [3.05, 3.63) is 60.2 Å². The number of para-hydroxylation sites is 1. The van der Waals surface area contributed by atoms with Gasteiger partial charge in [0.25, 0.3) is 15.9 Å². The van der Waals surface area contributed by atoms with Crippen LogP contribution in [-0.2, 0) is 14.8 Å². The van der Waals surface area contributed by atoms with Gasteiger partial charge in [-0.2, -0.15) is 0 Å². The molecule has 0 saturated carbocycles. The van der Waals surface area contributed by atoms with Gasteiger partial charge in [0, 0.05) is 38.3 Å². The molecule has 0 aromatic heterocycles. The minimum atomic E-state index is -3.70. The molecule has 1 fully saturated rings. The van der Waals surface area contributed by atoms with Crippen molar-refractivity contribution < 1.29 is 17.9 Å². The average molecular weight is 446 g/mol. The van der Waals surface area contributed by atoms with Gasteiger partial charge in [0.1, 0.15) is 0 Å². The Labute approximate surface area is 185 Å². The summed E-state index contributed by atoms with van der Waals surface area (Å²) in [5.74, 6) is 0.179. The monoisotopic (exact) mass is 445 g/mol. The number of hydrogen-bond acceptors (Lipinski definition) is 5. The quantitative estimate of drug-likeness (QED) is 0.676. The van der Waals surface area contributed by atoms with E-state index in [-0.39, 0.29) is 16.8 Å². The van der Waals surface area contributed by atoms with Gasteiger partial charge in [0.05, 0.1) is 23.8 Å². The van der Waals surface area contributed by atoms with Crippen LogP contribution in [0.25, 0.3) is 0 Å². The second kappa shape index (κ2) is 10.3. The third-order valence-electron chi connectivity index (χ3n) is 5.65. The molecular weight excluding hydrogens is 414 g/mol. The number of carbonyl (C=O) groups excluding carboxylic acids is 1. The predicted octanol–water partition coefficient (Wildman–Crippen LogP) is 2.60. The Morgan fingerprint density at radius 1 is 1.06 bits per heavy atom. The Kier molecular flexibility index (Phi) is 7.69. The molecule has 31 heavy (non-hydrogen) atoms. The number of anilines is 1. The van der Waals surface area contributed by atoms with Crippen molar-refractivity contribution in [2.24, 2.45) is 5.92 Å². The number of hydrogen-bond donors (Lipinski definition) is 1. The molecule has 3 rings (SSSR count). The van der Waals surface area contributed by atoms with E-state index in [1.165, 1.54) is 23.5 Å². The van der Waals surface area contributed by atoms with Crippen LogP contribution in [0.3, 0.4) is 0 Å². The fraction of sp³-hybridized carbons (Fsp3) is 0.435. The Morgan fingerprint density at radius 3 is 2.26 bits per heavy atom. The fourth-order valence-corrected chi connectivity index (χ4v) is 4.90. The fourth-order valence-electron chi connectivity index (χ4n) is 3.71. The molecule has 1 saturated heterocycles. The molecule has 8 heteroatoms. The first kappa shape index (κ1) is 23.2. The molecule has 1 aliphatic heterocycles. The first-order valence-corrected chi connectivity index (χ1v) is 12.0. The molecule has 1 N–H and O–H groups in total. The number of benzene rings is 2. The van der Waals surface area contributed by atoms with Crippen LogP contribution in [0.5, 0.6) is 0 Å².